The van der Waals surface area contributed by atoms with Gasteiger partial charge in [0.1, 0.15) is 0 Å². The molecule has 0 spiro atoms. The van der Waals surface area contributed by atoms with Crippen molar-refractivity contribution in [1.82, 2.24) is 0 Å². The number of Topliss-reactive ketones (excluding diaryl/α,β-unsaturated/α-hetero) is 1. The van der Waals surface area contributed by atoms with E-state index in [1.165, 1.54) is 0 Å². The van der Waals surface area contributed by atoms with Gasteiger partial charge in [-0.05, 0) is 18.4 Å². The van der Waals surface area contributed by atoms with Gasteiger partial charge < -0.3 is 5.11 Å². The number of aliphatic carboxylic acids is 1. The van der Waals surface area contributed by atoms with Crippen molar-refractivity contribution in [2.75, 3.05) is 0 Å². The molecule has 1 N–H and O–H groups in total. The predicted molar refractivity (Wildman–Crippen MR) is 51.9 cm³/mol. The molecule has 0 radical (unpaired) electrons. The van der Waals surface area contributed by atoms with Crippen LogP contribution in [0.5, 0.6) is 0 Å². The van der Waals surface area contributed by atoms with Crippen LogP contribution in [0.1, 0.15) is 25.7 Å². The van der Waals surface area contributed by atoms with Gasteiger partial charge in [-0.2, -0.15) is 0 Å². The van der Waals surface area contributed by atoms with E-state index in [2.05, 4.69) is 15.9 Å². The predicted octanol–water partition coefficient (Wildman–Crippen LogP) is 1.90. The van der Waals surface area contributed by atoms with Crippen LogP contribution in [0.4, 0.5) is 0 Å². The van der Waals surface area contributed by atoms with E-state index in [4.69, 9.17) is 5.11 Å². The lowest BCUT2D eigenvalue weighted by atomic mass is 10.1. The van der Waals surface area contributed by atoms with Crippen LogP contribution in [0, 0.1) is 0 Å². The summed E-state index contributed by atoms with van der Waals surface area (Å²) in [6.45, 7) is 0. The van der Waals surface area contributed by atoms with Gasteiger partial charge in [0.15, 0.2) is 5.78 Å². The number of rotatable bonds is 4. The van der Waals surface area contributed by atoms with Crippen molar-refractivity contribution >= 4 is 27.7 Å². The number of hydrogen-bond donors (Lipinski definition) is 1. The first-order valence-electron chi connectivity index (χ1n) is 4.19. The Morgan fingerprint density at radius 1 is 1.69 bits per heavy atom. The van der Waals surface area contributed by atoms with E-state index in [1.54, 1.807) is 0 Å². The molecule has 0 saturated carbocycles. The molecular formula is C9H11BrO3. The maximum Gasteiger partial charge on any atom is 0.303 e. The van der Waals surface area contributed by atoms with E-state index in [0.717, 1.165) is 5.57 Å². The summed E-state index contributed by atoms with van der Waals surface area (Å²) in [6.07, 6.45) is 3.67. The highest BCUT2D eigenvalue weighted by Gasteiger charge is 2.21. The van der Waals surface area contributed by atoms with Gasteiger partial charge in [0, 0.05) is 17.7 Å². The van der Waals surface area contributed by atoms with Gasteiger partial charge in [-0.1, -0.05) is 22.0 Å². The Morgan fingerprint density at radius 3 is 2.85 bits per heavy atom. The zero-order valence-electron chi connectivity index (χ0n) is 7.12. The SMILES string of the molecule is O=C(O)CCCC1=CC(Br)CC1=O. The molecule has 0 amide bonds. The summed E-state index contributed by atoms with van der Waals surface area (Å²) in [5.41, 5.74) is 0.781. The highest BCUT2D eigenvalue weighted by Crippen LogP contribution is 2.24. The molecular weight excluding hydrogens is 236 g/mol. The molecule has 13 heavy (non-hydrogen) atoms. The van der Waals surface area contributed by atoms with E-state index in [1.807, 2.05) is 6.08 Å². The topological polar surface area (TPSA) is 54.4 Å². The maximum absolute atomic E-state index is 11.2. The molecule has 0 aromatic carbocycles. The summed E-state index contributed by atoms with van der Waals surface area (Å²) >= 11 is 3.33. The van der Waals surface area contributed by atoms with E-state index >= 15 is 0 Å². The number of halogens is 1. The molecule has 1 aliphatic carbocycles. The molecule has 0 saturated heterocycles. The molecule has 1 unspecified atom stereocenters. The fourth-order valence-electron chi connectivity index (χ4n) is 1.33. The number of carboxylic acid groups (broad SMARTS) is 1. The minimum absolute atomic E-state index is 0.136. The van der Waals surface area contributed by atoms with Crippen molar-refractivity contribution in [1.29, 1.82) is 0 Å². The lowest BCUT2D eigenvalue weighted by molar-refractivity contribution is -0.137. The molecule has 0 fully saturated rings. The van der Waals surface area contributed by atoms with Gasteiger partial charge in [-0.15, -0.1) is 0 Å². The summed E-state index contributed by atoms with van der Waals surface area (Å²) in [5.74, 6) is -0.659. The third-order valence-corrected chi connectivity index (χ3v) is 2.55. The number of alkyl halides is 1. The summed E-state index contributed by atoms with van der Waals surface area (Å²) in [7, 11) is 0. The summed E-state index contributed by atoms with van der Waals surface area (Å²) in [4.78, 5) is 21.6. The molecule has 1 atom stereocenters. The average molecular weight is 247 g/mol. The van der Waals surface area contributed by atoms with E-state index < -0.39 is 5.97 Å². The Hall–Kier alpha value is -0.640. The number of hydrogen-bond acceptors (Lipinski definition) is 2. The molecule has 72 valence electrons. The van der Waals surface area contributed by atoms with Crippen molar-refractivity contribution in [3.63, 3.8) is 0 Å². The second-order valence-electron chi connectivity index (χ2n) is 3.08. The Bertz CT molecular complexity index is 258. The summed E-state index contributed by atoms with van der Waals surface area (Å²) in [5, 5.41) is 8.39. The normalized spacial score (nSPS) is 21.8. The van der Waals surface area contributed by atoms with Gasteiger partial charge in [0.2, 0.25) is 0 Å². The smallest absolute Gasteiger partial charge is 0.303 e. The molecule has 0 aliphatic heterocycles. The van der Waals surface area contributed by atoms with Crippen LogP contribution in [-0.4, -0.2) is 21.7 Å². The van der Waals surface area contributed by atoms with E-state index in [9.17, 15) is 9.59 Å². The second kappa shape index (κ2) is 4.56. The van der Waals surface area contributed by atoms with Gasteiger partial charge in [-0.3, -0.25) is 9.59 Å². The van der Waals surface area contributed by atoms with Crippen LogP contribution in [0.25, 0.3) is 0 Å². The average Bonchev–Trinajstić information content (AvgIpc) is 2.29. The van der Waals surface area contributed by atoms with E-state index in [0.29, 0.717) is 19.3 Å². The molecule has 0 bridgehead atoms. The van der Waals surface area contributed by atoms with Crippen molar-refractivity contribution in [3.8, 4) is 0 Å². The third kappa shape index (κ3) is 3.30. The van der Waals surface area contributed by atoms with Crippen LogP contribution in [0.2, 0.25) is 0 Å². The highest BCUT2D eigenvalue weighted by molar-refractivity contribution is 9.09. The molecule has 1 aliphatic rings. The number of allylic oxidation sites excluding steroid dienone is 2. The summed E-state index contributed by atoms with van der Waals surface area (Å²) < 4.78 is 0. The van der Waals surface area contributed by atoms with Gasteiger partial charge in [0.25, 0.3) is 0 Å². The Kier molecular flexibility index (Phi) is 3.66. The van der Waals surface area contributed by atoms with Crippen molar-refractivity contribution in [2.24, 2.45) is 0 Å². The summed E-state index contributed by atoms with van der Waals surface area (Å²) in [6, 6.07) is 0. The van der Waals surface area contributed by atoms with E-state index in [-0.39, 0.29) is 17.0 Å². The van der Waals surface area contributed by atoms with Crippen molar-refractivity contribution in [2.45, 2.75) is 30.5 Å². The molecule has 4 heteroatoms. The maximum atomic E-state index is 11.2. The van der Waals surface area contributed by atoms with Gasteiger partial charge in [-0.25, -0.2) is 0 Å². The minimum atomic E-state index is -0.804. The number of carbonyl (C=O) groups excluding carboxylic acids is 1. The van der Waals surface area contributed by atoms with Gasteiger partial charge in [0.05, 0.1) is 0 Å². The third-order valence-electron chi connectivity index (χ3n) is 1.96. The molecule has 3 nitrogen and oxygen atoms in total. The Balaban J connectivity index is 2.33. The molecule has 0 aromatic rings. The van der Waals surface area contributed by atoms with Crippen LogP contribution >= 0.6 is 15.9 Å². The fraction of sp³-hybridized carbons (Fsp3) is 0.556. The quantitative estimate of drug-likeness (QED) is 0.772. The highest BCUT2D eigenvalue weighted by atomic mass is 79.9. The first kappa shape index (κ1) is 10.4. The Labute approximate surface area is 84.9 Å². The van der Waals surface area contributed by atoms with Crippen molar-refractivity contribution < 1.29 is 14.7 Å². The second-order valence-corrected chi connectivity index (χ2v) is 4.26. The fourth-order valence-corrected chi connectivity index (χ4v) is 1.94. The largest absolute Gasteiger partial charge is 0.481 e. The zero-order valence-corrected chi connectivity index (χ0v) is 8.71. The monoisotopic (exact) mass is 246 g/mol. The molecule has 0 heterocycles. The number of carbonyl (C=O) groups is 2. The van der Waals surface area contributed by atoms with Crippen molar-refractivity contribution in [3.05, 3.63) is 11.6 Å². The number of carboxylic acids is 1. The molecule has 0 aromatic heterocycles. The first-order valence-corrected chi connectivity index (χ1v) is 5.11. The van der Waals surface area contributed by atoms with Crippen LogP contribution in [0.3, 0.4) is 0 Å². The van der Waals surface area contributed by atoms with Gasteiger partial charge >= 0.3 is 5.97 Å². The number of ketones is 1. The Morgan fingerprint density at radius 2 is 2.38 bits per heavy atom. The first-order chi connectivity index (χ1) is 6.09. The lowest BCUT2D eigenvalue weighted by Crippen LogP contribution is -1.99. The standard InChI is InChI=1S/C9H11BrO3/c10-7-4-6(8(11)5-7)2-1-3-9(12)13/h4,7H,1-3,5H2,(H,12,13). The van der Waals surface area contributed by atoms with Crippen LogP contribution in [0.15, 0.2) is 11.6 Å². The zero-order chi connectivity index (χ0) is 9.84. The lowest BCUT2D eigenvalue weighted by Gasteiger charge is -1.97. The van der Waals surface area contributed by atoms with Crippen LogP contribution < -0.4 is 0 Å². The van der Waals surface area contributed by atoms with Crippen LogP contribution in [-0.2, 0) is 9.59 Å². The minimum Gasteiger partial charge on any atom is -0.481 e. The molecule has 1 rings (SSSR count).